The first-order valence-electron chi connectivity index (χ1n) is 7.78. The zero-order valence-corrected chi connectivity index (χ0v) is 14.0. The molecule has 0 spiro atoms. The first-order valence-corrected chi connectivity index (χ1v) is 8.57. The van der Waals surface area contributed by atoms with Crippen molar-refractivity contribution in [1.29, 1.82) is 0 Å². The Balaban J connectivity index is 1.80. The number of anilines is 1. The Morgan fingerprint density at radius 3 is 2.70 bits per heavy atom. The second-order valence-corrected chi connectivity index (χ2v) is 7.48. The van der Waals surface area contributed by atoms with Crippen molar-refractivity contribution in [3.8, 4) is 0 Å². The zero-order valence-electron chi connectivity index (χ0n) is 12.4. The van der Waals surface area contributed by atoms with Crippen LogP contribution in [-0.4, -0.2) is 23.6 Å². The van der Waals surface area contributed by atoms with Crippen molar-refractivity contribution < 1.29 is 0 Å². The van der Waals surface area contributed by atoms with Gasteiger partial charge in [0.2, 0.25) is 0 Å². The standard InChI is InChI=1S/C16H24BrN3/c1-11(2)10-20(15-5-6-15)16-12(7-13(17)9-19-16)8-18-14-3-4-14/h7,9,11,14-15,18H,3-6,8,10H2,1-2H3. The van der Waals surface area contributed by atoms with Gasteiger partial charge in [-0.1, -0.05) is 13.8 Å². The number of hydrogen-bond donors (Lipinski definition) is 1. The van der Waals surface area contributed by atoms with Gasteiger partial charge in [0.05, 0.1) is 0 Å². The summed E-state index contributed by atoms with van der Waals surface area (Å²) in [7, 11) is 0. The van der Waals surface area contributed by atoms with Crippen molar-refractivity contribution in [2.75, 3.05) is 11.4 Å². The van der Waals surface area contributed by atoms with Gasteiger partial charge < -0.3 is 10.2 Å². The number of halogens is 1. The van der Waals surface area contributed by atoms with Gasteiger partial charge >= 0.3 is 0 Å². The molecule has 1 aromatic rings. The van der Waals surface area contributed by atoms with E-state index in [-0.39, 0.29) is 0 Å². The molecule has 4 heteroatoms. The van der Waals surface area contributed by atoms with Gasteiger partial charge in [-0.05, 0) is 53.6 Å². The molecule has 2 saturated carbocycles. The van der Waals surface area contributed by atoms with E-state index in [0.717, 1.165) is 23.6 Å². The van der Waals surface area contributed by atoms with Crippen molar-refractivity contribution in [3.05, 3.63) is 22.3 Å². The Kier molecular flexibility index (Phi) is 4.32. The molecule has 0 saturated heterocycles. The molecule has 20 heavy (non-hydrogen) atoms. The molecule has 0 unspecified atom stereocenters. The normalized spacial score (nSPS) is 18.6. The van der Waals surface area contributed by atoms with Gasteiger partial charge in [-0.25, -0.2) is 4.98 Å². The van der Waals surface area contributed by atoms with Crippen molar-refractivity contribution in [1.82, 2.24) is 10.3 Å². The predicted octanol–water partition coefficient (Wildman–Crippen LogP) is 3.72. The minimum atomic E-state index is 0.672. The predicted molar refractivity (Wildman–Crippen MR) is 87.0 cm³/mol. The van der Waals surface area contributed by atoms with E-state index in [1.807, 2.05) is 6.20 Å². The quantitative estimate of drug-likeness (QED) is 0.821. The van der Waals surface area contributed by atoms with E-state index in [1.165, 1.54) is 37.1 Å². The number of aromatic nitrogens is 1. The molecule has 0 radical (unpaired) electrons. The van der Waals surface area contributed by atoms with Crippen LogP contribution in [0, 0.1) is 5.92 Å². The summed E-state index contributed by atoms with van der Waals surface area (Å²) < 4.78 is 1.08. The van der Waals surface area contributed by atoms with E-state index in [1.54, 1.807) is 0 Å². The summed E-state index contributed by atoms with van der Waals surface area (Å²) in [6.07, 6.45) is 7.23. The van der Waals surface area contributed by atoms with E-state index in [9.17, 15) is 0 Å². The highest BCUT2D eigenvalue weighted by molar-refractivity contribution is 9.10. The van der Waals surface area contributed by atoms with Gasteiger partial charge in [0.1, 0.15) is 5.82 Å². The topological polar surface area (TPSA) is 28.2 Å². The SMILES string of the molecule is CC(C)CN(c1ncc(Br)cc1CNC1CC1)C1CC1. The molecule has 0 atom stereocenters. The highest BCUT2D eigenvalue weighted by Gasteiger charge is 2.32. The Labute approximate surface area is 130 Å². The average molecular weight is 338 g/mol. The molecule has 1 aromatic heterocycles. The third kappa shape index (κ3) is 3.73. The summed E-state index contributed by atoms with van der Waals surface area (Å²) in [6, 6.07) is 3.68. The fourth-order valence-corrected chi connectivity index (χ4v) is 2.97. The lowest BCUT2D eigenvalue weighted by Gasteiger charge is -2.28. The molecule has 3 rings (SSSR count). The zero-order chi connectivity index (χ0) is 14.1. The number of hydrogen-bond acceptors (Lipinski definition) is 3. The van der Waals surface area contributed by atoms with Crippen LogP contribution < -0.4 is 10.2 Å². The maximum Gasteiger partial charge on any atom is 0.133 e. The smallest absolute Gasteiger partial charge is 0.133 e. The van der Waals surface area contributed by atoms with Crippen LogP contribution in [0.3, 0.4) is 0 Å². The van der Waals surface area contributed by atoms with Gasteiger partial charge in [-0.15, -0.1) is 0 Å². The van der Waals surface area contributed by atoms with Crippen molar-refractivity contribution in [2.24, 2.45) is 5.92 Å². The Morgan fingerprint density at radius 2 is 2.10 bits per heavy atom. The molecule has 2 aliphatic carbocycles. The summed E-state index contributed by atoms with van der Waals surface area (Å²) in [5.74, 6) is 1.86. The van der Waals surface area contributed by atoms with Crippen LogP contribution in [-0.2, 0) is 6.54 Å². The second-order valence-electron chi connectivity index (χ2n) is 6.57. The van der Waals surface area contributed by atoms with Crippen LogP contribution in [0.2, 0.25) is 0 Å². The number of nitrogens with one attached hydrogen (secondary N) is 1. The highest BCUT2D eigenvalue weighted by atomic mass is 79.9. The molecule has 2 fully saturated rings. The maximum atomic E-state index is 4.73. The first kappa shape index (κ1) is 14.3. The third-order valence-corrected chi connectivity index (χ3v) is 4.32. The molecule has 0 amide bonds. The van der Waals surface area contributed by atoms with Crippen molar-refractivity contribution in [3.63, 3.8) is 0 Å². The van der Waals surface area contributed by atoms with Gasteiger partial charge in [0, 0.05) is 41.4 Å². The van der Waals surface area contributed by atoms with Crippen LogP contribution in [0.25, 0.3) is 0 Å². The minimum absolute atomic E-state index is 0.672. The maximum absolute atomic E-state index is 4.73. The molecule has 0 aromatic carbocycles. The Bertz CT molecular complexity index is 467. The highest BCUT2D eigenvalue weighted by Crippen LogP contribution is 2.34. The van der Waals surface area contributed by atoms with Gasteiger partial charge in [-0.2, -0.15) is 0 Å². The Hall–Kier alpha value is -0.610. The molecule has 1 N–H and O–H groups in total. The Morgan fingerprint density at radius 1 is 1.35 bits per heavy atom. The van der Waals surface area contributed by atoms with Crippen LogP contribution in [0.4, 0.5) is 5.82 Å². The van der Waals surface area contributed by atoms with Gasteiger partial charge in [-0.3, -0.25) is 0 Å². The monoisotopic (exact) mass is 337 g/mol. The van der Waals surface area contributed by atoms with Gasteiger partial charge in [0.25, 0.3) is 0 Å². The molecule has 1 heterocycles. The molecule has 2 aliphatic rings. The van der Waals surface area contributed by atoms with E-state index in [4.69, 9.17) is 4.98 Å². The average Bonchev–Trinajstić information content (AvgIpc) is 3.27. The van der Waals surface area contributed by atoms with Crippen LogP contribution in [0.15, 0.2) is 16.7 Å². The van der Waals surface area contributed by atoms with Crippen molar-refractivity contribution >= 4 is 21.7 Å². The summed E-state index contributed by atoms with van der Waals surface area (Å²) in [5.41, 5.74) is 1.33. The van der Waals surface area contributed by atoms with Crippen molar-refractivity contribution in [2.45, 2.75) is 58.2 Å². The summed E-state index contributed by atoms with van der Waals surface area (Å²) >= 11 is 3.56. The summed E-state index contributed by atoms with van der Waals surface area (Å²) in [4.78, 5) is 7.26. The first-order chi connectivity index (χ1) is 9.63. The number of pyridine rings is 1. The largest absolute Gasteiger partial charge is 0.353 e. The minimum Gasteiger partial charge on any atom is -0.353 e. The molecular formula is C16H24BrN3. The molecule has 110 valence electrons. The lowest BCUT2D eigenvalue weighted by Crippen LogP contribution is -2.32. The van der Waals surface area contributed by atoms with Crippen LogP contribution in [0.5, 0.6) is 0 Å². The lowest BCUT2D eigenvalue weighted by atomic mass is 10.1. The summed E-state index contributed by atoms with van der Waals surface area (Å²) in [6.45, 7) is 6.62. The van der Waals surface area contributed by atoms with E-state index in [2.05, 4.69) is 46.1 Å². The molecule has 0 aliphatic heterocycles. The van der Waals surface area contributed by atoms with Gasteiger partial charge in [0.15, 0.2) is 0 Å². The summed E-state index contributed by atoms with van der Waals surface area (Å²) in [5, 5.41) is 3.62. The molecule has 0 bridgehead atoms. The molecular weight excluding hydrogens is 314 g/mol. The van der Waals surface area contributed by atoms with E-state index in [0.29, 0.717) is 12.0 Å². The number of rotatable bonds is 7. The van der Waals surface area contributed by atoms with Crippen LogP contribution >= 0.6 is 15.9 Å². The van der Waals surface area contributed by atoms with Crippen LogP contribution in [0.1, 0.15) is 45.1 Å². The third-order valence-electron chi connectivity index (χ3n) is 3.89. The fourth-order valence-electron chi connectivity index (χ4n) is 2.59. The van der Waals surface area contributed by atoms with E-state index >= 15 is 0 Å². The molecule has 3 nitrogen and oxygen atoms in total. The second kappa shape index (κ2) is 6.02. The van der Waals surface area contributed by atoms with E-state index < -0.39 is 0 Å². The lowest BCUT2D eigenvalue weighted by molar-refractivity contribution is 0.597. The number of nitrogens with zero attached hydrogens (tertiary/aromatic N) is 2. The fraction of sp³-hybridized carbons (Fsp3) is 0.688.